The van der Waals surface area contributed by atoms with E-state index in [4.69, 9.17) is 4.74 Å². The van der Waals surface area contributed by atoms with Crippen LogP contribution >= 0.6 is 31.9 Å². The molecule has 1 aliphatic heterocycles. The highest BCUT2D eigenvalue weighted by Gasteiger charge is 2.26. The lowest BCUT2D eigenvalue weighted by atomic mass is 10.1. The zero-order chi connectivity index (χ0) is 12.0. The number of carbonyl (C=O) groups excluding carboxylic acids is 1. The van der Waals surface area contributed by atoms with Gasteiger partial charge in [0, 0.05) is 10.6 Å². The molecular weight excluding hydrogens is 336 g/mol. The standard InChI is InChI=1S/C12H16Br2O2/c1-2-3-4-5-6-7-9-10(8-13)16-12(15)11(9)14/h8H,2-7H2,1H3/b10-8-. The minimum Gasteiger partial charge on any atom is -0.422 e. The van der Waals surface area contributed by atoms with Gasteiger partial charge in [0.25, 0.3) is 0 Å². The number of unbranched alkanes of at least 4 members (excludes halogenated alkanes) is 4. The van der Waals surface area contributed by atoms with Crippen molar-refractivity contribution in [2.45, 2.75) is 45.4 Å². The van der Waals surface area contributed by atoms with Crippen LogP contribution in [0.5, 0.6) is 0 Å². The summed E-state index contributed by atoms with van der Waals surface area (Å²) in [5.74, 6) is 0.363. The first-order chi connectivity index (χ1) is 7.70. The molecule has 0 fully saturated rings. The summed E-state index contributed by atoms with van der Waals surface area (Å²) < 4.78 is 5.65. The van der Waals surface area contributed by atoms with Gasteiger partial charge >= 0.3 is 5.97 Å². The van der Waals surface area contributed by atoms with Crippen LogP contribution in [-0.4, -0.2) is 5.97 Å². The van der Waals surface area contributed by atoms with Crippen LogP contribution in [0.25, 0.3) is 0 Å². The van der Waals surface area contributed by atoms with Gasteiger partial charge in [-0.2, -0.15) is 0 Å². The fourth-order valence-electron chi connectivity index (χ4n) is 1.66. The van der Waals surface area contributed by atoms with Crippen molar-refractivity contribution in [1.82, 2.24) is 0 Å². The van der Waals surface area contributed by atoms with Gasteiger partial charge in [0.15, 0.2) is 0 Å². The van der Waals surface area contributed by atoms with Crippen LogP contribution in [0.15, 0.2) is 20.8 Å². The molecule has 0 unspecified atom stereocenters. The number of allylic oxidation sites excluding steroid dienone is 1. The van der Waals surface area contributed by atoms with Gasteiger partial charge < -0.3 is 4.74 Å². The highest BCUT2D eigenvalue weighted by atomic mass is 79.9. The molecule has 2 nitrogen and oxygen atoms in total. The number of halogens is 2. The molecule has 0 bridgehead atoms. The Hall–Kier alpha value is -0.0900. The lowest BCUT2D eigenvalue weighted by molar-refractivity contribution is -0.132. The predicted molar refractivity (Wildman–Crippen MR) is 72.4 cm³/mol. The van der Waals surface area contributed by atoms with Crippen LogP contribution in [0, 0.1) is 0 Å². The van der Waals surface area contributed by atoms with Gasteiger partial charge in [-0.15, -0.1) is 0 Å². The van der Waals surface area contributed by atoms with Crippen LogP contribution in [0.2, 0.25) is 0 Å². The van der Waals surface area contributed by atoms with Gasteiger partial charge in [-0.25, -0.2) is 4.79 Å². The second kappa shape index (κ2) is 7.28. The van der Waals surface area contributed by atoms with Crippen LogP contribution in [-0.2, 0) is 9.53 Å². The Kier molecular flexibility index (Phi) is 6.36. The SMILES string of the molecule is CCCCCCCC1=C(Br)C(=O)O/C1=C\Br. The van der Waals surface area contributed by atoms with E-state index >= 15 is 0 Å². The van der Waals surface area contributed by atoms with E-state index in [0.717, 1.165) is 18.4 Å². The molecule has 0 saturated heterocycles. The molecule has 4 heteroatoms. The molecule has 16 heavy (non-hydrogen) atoms. The van der Waals surface area contributed by atoms with E-state index in [9.17, 15) is 4.79 Å². The third kappa shape index (κ3) is 3.74. The number of ether oxygens (including phenoxy) is 1. The molecule has 1 rings (SSSR count). The van der Waals surface area contributed by atoms with E-state index in [-0.39, 0.29) is 5.97 Å². The highest BCUT2D eigenvalue weighted by molar-refractivity contribution is 9.12. The molecule has 90 valence electrons. The molecule has 1 heterocycles. The van der Waals surface area contributed by atoms with E-state index in [1.807, 2.05) is 0 Å². The quantitative estimate of drug-likeness (QED) is 0.508. The predicted octanol–water partition coefficient (Wildman–Crippen LogP) is 4.79. The number of hydrogen-bond acceptors (Lipinski definition) is 2. The summed E-state index contributed by atoms with van der Waals surface area (Å²) in [4.78, 5) is 13.0. The molecule has 0 aromatic rings. The smallest absolute Gasteiger partial charge is 0.351 e. The topological polar surface area (TPSA) is 26.3 Å². The highest BCUT2D eigenvalue weighted by Crippen LogP contribution is 2.34. The van der Waals surface area contributed by atoms with Crippen molar-refractivity contribution in [3.8, 4) is 0 Å². The Morgan fingerprint density at radius 2 is 1.94 bits per heavy atom. The lowest BCUT2D eigenvalue weighted by Crippen LogP contribution is -1.92. The molecule has 0 N–H and O–H groups in total. The Morgan fingerprint density at radius 3 is 2.56 bits per heavy atom. The van der Waals surface area contributed by atoms with Gasteiger partial charge in [0.1, 0.15) is 10.2 Å². The summed E-state index contributed by atoms with van der Waals surface area (Å²) in [6, 6.07) is 0. The van der Waals surface area contributed by atoms with Gasteiger partial charge in [0.05, 0.1) is 0 Å². The Bertz CT molecular complexity index is 319. The van der Waals surface area contributed by atoms with E-state index in [1.165, 1.54) is 25.7 Å². The molecule has 0 aromatic heterocycles. The molecule has 0 spiro atoms. The summed E-state index contributed by atoms with van der Waals surface area (Å²) in [5, 5.41) is 0. The van der Waals surface area contributed by atoms with Crippen molar-refractivity contribution >= 4 is 37.8 Å². The number of rotatable bonds is 6. The van der Waals surface area contributed by atoms with Crippen molar-refractivity contribution in [3.05, 3.63) is 20.8 Å². The summed E-state index contributed by atoms with van der Waals surface area (Å²) in [6.45, 7) is 2.20. The first-order valence-electron chi connectivity index (χ1n) is 5.62. The van der Waals surface area contributed by atoms with Crippen molar-refractivity contribution in [3.63, 3.8) is 0 Å². The number of hydrogen-bond donors (Lipinski definition) is 0. The number of esters is 1. The summed E-state index contributed by atoms with van der Waals surface area (Å²) in [6.07, 6.45) is 7.02. The van der Waals surface area contributed by atoms with Gasteiger partial charge in [-0.1, -0.05) is 48.5 Å². The van der Waals surface area contributed by atoms with E-state index in [2.05, 4.69) is 38.8 Å². The van der Waals surface area contributed by atoms with E-state index in [0.29, 0.717) is 10.2 Å². The summed E-state index contributed by atoms with van der Waals surface area (Å²) in [7, 11) is 0. The maximum absolute atomic E-state index is 11.3. The fraction of sp³-hybridized carbons (Fsp3) is 0.583. The maximum atomic E-state index is 11.3. The van der Waals surface area contributed by atoms with Gasteiger partial charge in [-0.3, -0.25) is 0 Å². The molecular formula is C12H16Br2O2. The third-order valence-corrected chi connectivity index (χ3v) is 3.79. The third-order valence-electron chi connectivity index (χ3n) is 2.57. The summed E-state index contributed by atoms with van der Waals surface area (Å²) in [5.41, 5.74) is 0.985. The molecule has 0 atom stereocenters. The molecule has 1 aliphatic rings. The van der Waals surface area contributed by atoms with Crippen LogP contribution in [0.3, 0.4) is 0 Å². The Balaban J connectivity index is 2.43. The average molecular weight is 352 g/mol. The molecule has 0 aromatic carbocycles. The monoisotopic (exact) mass is 350 g/mol. The van der Waals surface area contributed by atoms with Crippen molar-refractivity contribution < 1.29 is 9.53 Å². The summed E-state index contributed by atoms with van der Waals surface area (Å²) >= 11 is 6.49. The zero-order valence-electron chi connectivity index (χ0n) is 9.39. The molecule has 0 radical (unpaired) electrons. The van der Waals surface area contributed by atoms with Crippen LogP contribution in [0.1, 0.15) is 45.4 Å². The molecule has 0 aliphatic carbocycles. The van der Waals surface area contributed by atoms with Gasteiger partial charge in [-0.05, 0) is 28.8 Å². The zero-order valence-corrected chi connectivity index (χ0v) is 12.6. The molecule has 0 amide bonds. The van der Waals surface area contributed by atoms with E-state index in [1.54, 1.807) is 4.99 Å². The first-order valence-corrected chi connectivity index (χ1v) is 7.33. The lowest BCUT2D eigenvalue weighted by Gasteiger charge is -2.03. The normalized spacial score (nSPS) is 18.4. The largest absolute Gasteiger partial charge is 0.422 e. The number of carbonyl (C=O) groups is 1. The number of cyclic esters (lactones) is 1. The maximum Gasteiger partial charge on any atom is 0.351 e. The van der Waals surface area contributed by atoms with Crippen LogP contribution in [0.4, 0.5) is 0 Å². The molecule has 0 saturated carbocycles. The average Bonchev–Trinajstić information content (AvgIpc) is 2.56. The van der Waals surface area contributed by atoms with E-state index < -0.39 is 0 Å². The second-order valence-corrected chi connectivity index (χ2v) is 5.07. The van der Waals surface area contributed by atoms with Gasteiger partial charge in [0.2, 0.25) is 0 Å². The second-order valence-electron chi connectivity index (χ2n) is 3.82. The Morgan fingerprint density at radius 1 is 1.25 bits per heavy atom. The fourth-order valence-corrected chi connectivity index (χ4v) is 2.51. The first kappa shape index (κ1) is 14.0. The van der Waals surface area contributed by atoms with Crippen molar-refractivity contribution in [2.24, 2.45) is 0 Å². The minimum atomic E-state index is -0.283. The van der Waals surface area contributed by atoms with Crippen molar-refractivity contribution in [2.75, 3.05) is 0 Å². The minimum absolute atomic E-state index is 0.283. The van der Waals surface area contributed by atoms with Crippen LogP contribution < -0.4 is 0 Å². The Labute approximate surface area is 113 Å². The van der Waals surface area contributed by atoms with Crippen molar-refractivity contribution in [1.29, 1.82) is 0 Å².